The van der Waals surface area contributed by atoms with Crippen molar-refractivity contribution in [1.29, 1.82) is 0 Å². The van der Waals surface area contributed by atoms with Gasteiger partial charge in [0.1, 0.15) is 0 Å². The van der Waals surface area contributed by atoms with Crippen LogP contribution in [0.3, 0.4) is 0 Å². The van der Waals surface area contributed by atoms with Gasteiger partial charge in [0, 0.05) is 22.6 Å². The highest BCUT2D eigenvalue weighted by atomic mass is 15.3. The van der Waals surface area contributed by atoms with Crippen molar-refractivity contribution in [3.8, 4) is 11.3 Å². The van der Waals surface area contributed by atoms with Gasteiger partial charge in [0.25, 0.3) is 0 Å². The van der Waals surface area contributed by atoms with Gasteiger partial charge in [0.15, 0.2) is 0 Å². The third-order valence-electron chi connectivity index (χ3n) is 4.08. The Balaban J connectivity index is 2.24. The number of fused-ring (bicyclic) bond motifs is 3. The van der Waals surface area contributed by atoms with Gasteiger partial charge in [-0.2, -0.15) is 5.10 Å². The van der Waals surface area contributed by atoms with Crippen molar-refractivity contribution in [1.82, 2.24) is 9.78 Å². The molecule has 0 aliphatic heterocycles. The van der Waals surface area contributed by atoms with E-state index in [0.717, 1.165) is 6.54 Å². The number of aromatic nitrogens is 2. The van der Waals surface area contributed by atoms with Gasteiger partial charge in [-0.05, 0) is 25.5 Å². The molecule has 0 amide bonds. The minimum absolute atomic E-state index is 0.0362. The third kappa shape index (κ3) is 1.72. The molecule has 2 aromatic rings. The highest BCUT2D eigenvalue weighted by molar-refractivity contribution is 5.78. The topological polar surface area (TPSA) is 43.8 Å². The van der Waals surface area contributed by atoms with Crippen molar-refractivity contribution in [2.75, 3.05) is 0 Å². The summed E-state index contributed by atoms with van der Waals surface area (Å²) < 4.78 is 2.06. The lowest BCUT2D eigenvalue weighted by Gasteiger charge is -2.19. The van der Waals surface area contributed by atoms with Crippen LogP contribution < -0.4 is 5.73 Å². The fourth-order valence-corrected chi connectivity index (χ4v) is 3.08. The van der Waals surface area contributed by atoms with Crippen molar-refractivity contribution < 1.29 is 0 Å². The van der Waals surface area contributed by atoms with Gasteiger partial charge >= 0.3 is 0 Å². The van der Waals surface area contributed by atoms with Gasteiger partial charge in [-0.3, -0.25) is 4.68 Å². The molecule has 0 radical (unpaired) electrons. The zero-order valence-corrected chi connectivity index (χ0v) is 12.1. The molecule has 0 saturated carbocycles. The molecule has 1 aliphatic carbocycles. The molecule has 1 atom stereocenters. The number of rotatable bonds is 2. The van der Waals surface area contributed by atoms with Crippen LogP contribution >= 0.6 is 0 Å². The summed E-state index contributed by atoms with van der Waals surface area (Å²) in [4.78, 5) is 0. The molecule has 0 unspecified atom stereocenters. The standard InChI is InChI=1S/C16H21N3/c1-10-5-6-13-12(7-10)15-14(16(13,3)4)8-18-19(15)9-11(2)17/h5-8,11H,9,17H2,1-4H3/t11-/m0/s1. The fourth-order valence-electron chi connectivity index (χ4n) is 3.08. The number of benzene rings is 1. The van der Waals surface area contributed by atoms with E-state index >= 15 is 0 Å². The molecular weight excluding hydrogens is 234 g/mol. The van der Waals surface area contributed by atoms with E-state index in [2.05, 4.69) is 48.8 Å². The zero-order valence-electron chi connectivity index (χ0n) is 12.1. The first-order valence-corrected chi connectivity index (χ1v) is 6.84. The predicted octanol–water partition coefficient (Wildman–Crippen LogP) is 2.85. The van der Waals surface area contributed by atoms with Gasteiger partial charge in [-0.15, -0.1) is 0 Å². The maximum Gasteiger partial charge on any atom is 0.0727 e. The van der Waals surface area contributed by atoms with Crippen LogP contribution in [0.15, 0.2) is 24.4 Å². The Morgan fingerprint density at radius 1 is 1.32 bits per heavy atom. The summed E-state index contributed by atoms with van der Waals surface area (Å²) in [5.74, 6) is 0. The molecule has 1 aromatic carbocycles. The molecule has 0 spiro atoms. The molecule has 100 valence electrons. The average molecular weight is 255 g/mol. The largest absolute Gasteiger partial charge is 0.326 e. The second kappa shape index (κ2) is 3.94. The molecule has 3 rings (SSSR count). The van der Waals surface area contributed by atoms with Crippen LogP contribution in [0.5, 0.6) is 0 Å². The Morgan fingerprint density at radius 3 is 2.74 bits per heavy atom. The van der Waals surface area contributed by atoms with E-state index in [-0.39, 0.29) is 11.5 Å². The van der Waals surface area contributed by atoms with Crippen LogP contribution in [0.1, 0.15) is 37.5 Å². The lowest BCUT2D eigenvalue weighted by atomic mass is 9.83. The molecule has 0 fully saturated rings. The van der Waals surface area contributed by atoms with E-state index in [9.17, 15) is 0 Å². The van der Waals surface area contributed by atoms with Gasteiger partial charge < -0.3 is 5.73 Å². The second-order valence-corrected chi connectivity index (χ2v) is 6.24. The quantitative estimate of drug-likeness (QED) is 0.896. The molecule has 19 heavy (non-hydrogen) atoms. The van der Waals surface area contributed by atoms with Crippen molar-refractivity contribution >= 4 is 0 Å². The SMILES string of the molecule is Cc1ccc2c(c1)-c1c(cnn1C[C@H](C)N)C2(C)C. The second-order valence-electron chi connectivity index (χ2n) is 6.24. The van der Waals surface area contributed by atoms with Crippen LogP contribution in [-0.2, 0) is 12.0 Å². The van der Waals surface area contributed by atoms with E-state index in [1.165, 1.54) is 27.9 Å². The minimum atomic E-state index is 0.0362. The van der Waals surface area contributed by atoms with Crippen LogP contribution in [0.4, 0.5) is 0 Å². The average Bonchev–Trinajstić information content (AvgIpc) is 2.79. The maximum atomic E-state index is 5.93. The van der Waals surface area contributed by atoms with E-state index in [1.807, 2.05) is 13.1 Å². The molecule has 0 saturated heterocycles. The van der Waals surface area contributed by atoms with E-state index in [4.69, 9.17) is 5.73 Å². The fraction of sp³-hybridized carbons (Fsp3) is 0.438. The first kappa shape index (κ1) is 12.4. The number of nitrogens with two attached hydrogens (primary N) is 1. The summed E-state index contributed by atoms with van der Waals surface area (Å²) in [5, 5.41) is 4.54. The van der Waals surface area contributed by atoms with Crippen molar-refractivity contribution in [3.05, 3.63) is 41.1 Å². The van der Waals surface area contributed by atoms with Gasteiger partial charge in [0.2, 0.25) is 0 Å². The summed E-state index contributed by atoms with van der Waals surface area (Å²) in [6.45, 7) is 9.46. The van der Waals surface area contributed by atoms with Crippen LogP contribution in [-0.4, -0.2) is 15.8 Å². The summed E-state index contributed by atoms with van der Waals surface area (Å²) in [6, 6.07) is 6.82. The Labute approximate surface area is 114 Å². The summed E-state index contributed by atoms with van der Waals surface area (Å²) in [6.07, 6.45) is 2.01. The first-order chi connectivity index (χ1) is 8.91. The van der Waals surface area contributed by atoms with Gasteiger partial charge in [-0.1, -0.05) is 31.5 Å². The van der Waals surface area contributed by atoms with Crippen LogP contribution in [0.2, 0.25) is 0 Å². The minimum Gasteiger partial charge on any atom is -0.326 e. The molecule has 3 heteroatoms. The molecule has 0 bridgehead atoms. The molecule has 1 aliphatic rings. The van der Waals surface area contributed by atoms with E-state index in [0.29, 0.717) is 0 Å². The third-order valence-corrected chi connectivity index (χ3v) is 4.08. The Kier molecular flexibility index (Phi) is 2.58. The Hall–Kier alpha value is -1.61. The number of hydrogen-bond acceptors (Lipinski definition) is 2. The first-order valence-electron chi connectivity index (χ1n) is 6.84. The highest BCUT2D eigenvalue weighted by Crippen LogP contribution is 2.48. The van der Waals surface area contributed by atoms with Crippen molar-refractivity contribution in [2.24, 2.45) is 5.73 Å². The van der Waals surface area contributed by atoms with Crippen LogP contribution in [0.25, 0.3) is 11.3 Å². The van der Waals surface area contributed by atoms with Crippen molar-refractivity contribution in [2.45, 2.75) is 45.7 Å². The Morgan fingerprint density at radius 2 is 2.05 bits per heavy atom. The summed E-state index contributed by atoms with van der Waals surface area (Å²) in [7, 11) is 0. The summed E-state index contributed by atoms with van der Waals surface area (Å²) in [5.41, 5.74) is 12.5. The molecular formula is C16H21N3. The van der Waals surface area contributed by atoms with Crippen LogP contribution in [0, 0.1) is 6.92 Å². The van der Waals surface area contributed by atoms with Crippen molar-refractivity contribution in [3.63, 3.8) is 0 Å². The smallest absolute Gasteiger partial charge is 0.0727 e. The molecule has 2 N–H and O–H groups in total. The molecule has 3 nitrogen and oxygen atoms in total. The monoisotopic (exact) mass is 255 g/mol. The predicted molar refractivity (Wildman–Crippen MR) is 78.2 cm³/mol. The summed E-state index contributed by atoms with van der Waals surface area (Å²) >= 11 is 0. The molecule has 1 heterocycles. The van der Waals surface area contributed by atoms with Gasteiger partial charge in [-0.25, -0.2) is 0 Å². The van der Waals surface area contributed by atoms with E-state index in [1.54, 1.807) is 0 Å². The zero-order chi connectivity index (χ0) is 13.8. The number of nitrogens with zero attached hydrogens (tertiary/aromatic N) is 2. The normalized spacial score (nSPS) is 17.1. The van der Waals surface area contributed by atoms with Gasteiger partial charge in [0.05, 0.1) is 18.4 Å². The lowest BCUT2D eigenvalue weighted by molar-refractivity contribution is 0.543. The molecule has 1 aromatic heterocycles. The van der Waals surface area contributed by atoms with E-state index < -0.39 is 0 Å². The number of hydrogen-bond donors (Lipinski definition) is 1. The number of aryl methyl sites for hydroxylation is 1. The Bertz CT molecular complexity index is 635. The lowest BCUT2D eigenvalue weighted by Crippen LogP contribution is -2.23. The maximum absolute atomic E-state index is 5.93. The highest BCUT2D eigenvalue weighted by Gasteiger charge is 2.38.